The number of hydrogen-bond donors (Lipinski definition) is 0. The van der Waals surface area contributed by atoms with Gasteiger partial charge in [0.1, 0.15) is 11.5 Å². The highest BCUT2D eigenvalue weighted by atomic mass is 32.1. The fourth-order valence-electron chi connectivity index (χ4n) is 6.50. The van der Waals surface area contributed by atoms with Gasteiger partial charge in [-0.2, -0.15) is 149 Å². The van der Waals surface area contributed by atoms with Gasteiger partial charge in [0, 0.05) is 30.6 Å². The van der Waals surface area contributed by atoms with Gasteiger partial charge < -0.3 is 9.47 Å². The van der Waals surface area contributed by atoms with Crippen molar-refractivity contribution in [1.82, 2.24) is 0 Å². The van der Waals surface area contributed by atoms with E-state index in [1.807, 2.05) is 0 Å². The zero-order chi connectivity index (χ0) is 66.3. The van der Waals surface area contributed by atoms with E-state index in [0.29, 0.717) is 6.07 Å². The Hall–Kier alpha value is -6.07. The van der Waals surface area contributed by atoms with E-state index in [2.05, 4.69) is 9.47 Å². The van der Waals surface area contributed by atoms with Crippen LogP contribution < -0.4 is 9.47 Å². The van der Waals surface area contributed by atoms with Crippen molar-refractivity contribution < 1.29 is 181 Å². The van der Waals surface area contributed by atoms with Gasteiger partial charge in [-0.3, -0.25) is 0 Å². The first-order valence-electron chi connectivity index (χ1n) is 20.4. The molecule has 5 rings (SSSR count). The van der Waals surface area contributed by atoms with Crippen LogP contribution in [-0.4, -0.2) is 95.6 Å². The molecule has 0 radical (unpaired) electrons. The van der Waals surface area contributed by atoms with Crippen LogP contribution in [-0.2, 0) is 0 Å². The van der Waals surface area contributed by atoms with Crippen molar-refractivity contribution in [1.29, 1.82) is 0 Å². The smallest absolute Gasteiger partial charge is 0.427 e. The molecule has 0 saturated carbocycles. The summed E-state index contributed by atoms with van der Waals surface area (Å²) >= 11 is -1.20. The quantitative estimate of drug-likeness (QED) is 0.0439. The first-order valence-corrected chi connectivity index (χ1v) is 22.0. The van der Waals surface area contributed by atoms with Gasteiger partial charge in [0.25, 0.3) is 0 Å². The monoisotopic (exact) mass is 1350 g/mol. The second kappa shape index (κ2) is 20.5. The number of hydrogen-bond acceptors (Lipinski definition) is 4. The van der Waals surface area contributed by atoms with Crippen molar-refractivity contribution in [3.05, 3.63) is 95.8 Å². The molecule has 0 N–H and O–H groups in total. The largest absolute Gasteiger partial charge is 0.471 e. The van der Waals surface area contributed by atoms with E-state index in [1.54, 1.807) is 0 Å². The summed E-state index contributed by atoms with van der Waals surface area (Å²) in [6.07, 6.45) is -32.9. The summed E-state index contributed by atoms with van der Waals surface area (Å²) in [6.45, 7) is 0. The van der Waals surface area contributed by atoms with Gasteiger partial charge in [-0.15, -0.1) is 22.7 Å². The molecule has 3 aromatic carbocycles. The average Bonchev–Trinajstić information content (AvgIpc) is 1.52. The van der Waals surface area contributed by atoms with E-state index in [-0.39, 0.29) is 35.1 Å². The summed E-state index contributed by atoms with van der Waals surface area (Å²) in [5.74, 6) is -130. The van der Waals surface area contributed by atoms with Crippen LogP contribution in [0, 0.1) is 29.1 Å². The Labute approximate surface area is 447 Å². The molecule has 0 atom stereocenters. The third-order valence-electron chi connectivity index (χ3n) is 11.2. The maximum absolute atomic E-state index is 15.7. The van der Waals surface area contributed by atoms with E-state index < -0.39 is 196 Å². The van der Waals surface area contributed by atoms with E-state index in [4.69, 9.17) is 0 Å². The highest BCUT2D eigenvalue weighted by Crippen LogP contribution is 2.67. The topological polar surface area (TPSA) is 18.5 Å². The minimum absolute atomic E-state index is 0.133. The molecule has 43 heteroatoms. The molecular weight excluding hydrogens is 1340 g/mol. The summed E-state index contributed by atoms with van der Waals surface area (Å²) in [5, 5.41) is 0. The molecule has 2 heterocycles. The molecular formula is C42H11F39O2S2. The van der Waals surface area contributed by atoms with Crippen molar-refractivity contribution in [2.24, 2.45) is 0 Å². The number of thiophene rings is 2. The van der Waals surface area contributed by atoms with Crippen LogP contribution in [0.3, 0.4) is 0 Å². The van der Waals surface area contributed by atoms with Gasteiger partial charge in [-0.1, -0.05) is 30.3 Å². The Morgan fingerprint density at radius 2 is 0.506 bits per heavy atom. The summed E-state index contributed by atoms with van der Waals surface area (Å²) in [7, 11) is 0. The minimum atomic E-state index is -9.41. The maximum Gasteiger partial charge on any atom is 0.471 e. The second-order valence-corrected chi connectivity index (χ2v) is 18.8. The molecule has 0 spiro atoms. The summed E-state index contributed by atoms with van der Waals surface area (Å²) < 4.78 is 563. The standard InChI is InChI=1S/C42H11F39O2S2/c43-22-21(23(44)25(46)26(47)24(22)45)20-9-8-19(85-20)14-11-15(82-41(78,79)37(68,69)33(60,61)29(52,53)27(48,49)31(56,57)35(64,65)39(72,73)74)13(18-7-6-17(84-18)12-4-2-1-3-5-12)10-16(14)83-42(80,81)38(70,71)34(62,63)30(54,55)28(50,51)32(58,59)36(66,67)40(75,76)77/h1-11H. The molecule has 476 valence electrons. The first-order chi connectivity index (χ1) is 37.6. The zero-order valence-corrected chi connectivity index (χ0v) is 39.9. The van der Waals surface area contributed by atoms with E-state index in [1.165, 1.54) is 6.07 Å². The van der Waals surface area contributed by atoms with Crippen LogP contribution in [0.15, 0.2) is 66.7 Å². The Morgan fingerprint density at radius 3 is 0.812 bits per heavy atom. The highest BCUT2D eigenvalue weighted by molar-refractivity contribution is 7.19. The molecule has 0 fully saturated rings. The van der Waals surface area contributed by atoms with Crippen LogP contribution >= 0.6 is 22.7 Å². The predicted molar refractivity (Wildman–Crippen MR) is 206 cm³/mol. The Bertz CT molecular complexity index is 3260. The number of rotatable bonds is 20. The molecule has 2 nitrogen and oxygen atoms in total. The van der Waals surface area contributed by atoms with Gasteiger partial charge in [0.05, 0.1) is 5.56 Å². The minimum Gasteiger partial charge on any atom is -0.427 e. The number of alkyl halides is 34. The summed E-state index contributed by atoms with van der Waals surface area (Å²) in [4.78, 5) is -5.48. The van der Waals surface area contributed by atoms with Crippen molar-refractivity contribution in [2.45, 2.75) is 95.6 Å². The van der Waals surface area contributed by atoms with E-state index >= 15 is 35.1 Å². The third-order valence-corrected chi connectivity index (χ3v) is 13.5. The van der Waals surface area contributed by atoms with Crippen LogP contribution in [0.5, 0.6) is 11.5 Å². The Morgan fingerprint density at radius 1 is 0.259 bits per heavy atom. The lowest BCUT2D eigenvalue weighted by Gasteiger charge is -2.42. The van der Waals surface area contributed by atoms with Crippen LogP contribution in [0.2, 0.25) is 0 Å². The van der Waals surface area contributed by atoms with Crippen molar-refractivity contribution in [3.8, 4) is 53.3 Å². The van der Waals surface area contributed by atoms with Crippen molar-refractivity contribution >= 4 is 22.7 Å². The lowest BCUT2D eigenvalue weighted by Crippen LogP contribution is -2.74. The molecule has 0 saturated heterocycles. The van der Waals surface area contributed by atoms with Gasteiger partial charge in [-0.25, -0.2) is 22.0 Å². The molecule has 0 aliphatic rings. The molecule has 2 aromatic heterocycles. The van der Waals surface area contributed by atoms with Crippen LogP contribution in [0.1, 0.15) is 0 Å². The molecule has 5 aromatic rings. The normalized spacial score (nSPS) is 15.0. The summed E-state index contributed by atoms with van der Waals surface area (Å²) in [5.41, 5.74) is -7.30. The molecule has 0 aliphatic heterocycles. The van der Waals surface area contributed by atoms with Crippen molar-refractivity contribution in [2.75, 3.05) is 0 Å². The fraction of sp³-hybridized carbons (Fsp3) is 0.381. The number of benzene rings is 3. The zero-order valence-electron chi connectivity index (χ0n) is 38.2. The number of ether oxygens (including phenoxy) is 2. The molecule has 0 bridgehead atoms. The fourth-order valence-corrected chi connectivity index (χ4v) is 8.59. The first kappa shape index (κ1) is 69.7. The Kier molecular flexibility index (Phi) is 16.8. The SMILES string of the molecule is Fc1c(F)c(F)c(-c2ccc(-c3cc(OC(F)(F)C(F)(F)C(F)(F)C(F)(F)C(F)(F)C(F)(F)C(F)(F)C(F)(F)F)c(-c4ccc(-c5ccccc5)s4)cc3OC(F)(F)C(F)(F)C(F)(F)C(F)(F)C(F)(F)C(F)(F)C(F)(F)C(F)(F)F)s2)c(F)c1F. The summed E-state index contributed by atoms with van der Waals surface area (Å²) in [6, 6.07) is 3.68. The Balaban J connectivity index is 1.88. The van der Waals surface area contributed by atoms with Crippen molar-refractivity contribution in [3.63, 3.8) is 0 Å². The highest BCUT2D eigenvalue weighted by Gasteiger charge is 2.97. The molecule has 85 heavy (non-hydrogen) atoms. The molecule has 0 unspecified atom stereocenters. The molecule has 0 aliphatic carbocycles. The van der Waals surface area contributed by atoms with Gasteiger partial charge in [-0.05, 0) is 42.0 Å². The van der Waals surface area contributed by atoms with E-state index in [9.17, 15) is 136 Å². The van der Waals surface area contributed by atoms with Crippen LogP contribution in [0.25, 0.3) is 41.8 Å². The molecule has 0 amide bonds. The lowest BCUT2D eigenvalue weighted by atomic mass is 9.90. The van der Waals surface area contributed by atoms with Gasteiger partial charge in [0.15, 0.2) is 23.3 Å². The predicted octanol–water partition coefficient (Wildman–Crippen LogP) is 19.9. The van der Waals surface area contributed by atoms with Gasteiger partial charge in [0.2, 0.25) is 5.82 Å². The maximum atomic E-state index is 15.7. The lowest BCUT2D eigenvalue weighted by molar-refractivity contribution is -0.471. The number of halogens is 39. The second-order valence-electron chi connectivity index (χ2n) is 16.6. The van der Waals surface area contributed by atoms with Gasteiger partial charge >= 0.3 is 95.6 Å². The van der Waals surface area contributed by atoms with Crippen LogP contribution in [0.4, 0.5) is 171 Å². The van der Waals surface area contributed by atoms with E-state index in [0.717, 1.165) is 24.3 Å². The third kappa shape index (κ3) is 10.0. The average molecular weight is 1350 g/mol.